The predicted octanol–water partition coefficient (Wildman–Crippen LogP) is 0.386. The van der Waals surface area contributed by atoms with Crippen molar-refractivity contribution < 1.29 is 24.2 Å². The number of carboxylic acids is 1. The van der Waals surface area contributed by atoms with Gasteiger partial charge in [-0.05, 0) is 13.8 Å². The summed E-state index contributed by atoms with van der Waals surface area (Å²) in [5.74, 6) is -3.05. The molecular weight excluding hydrogens is 226 g/mol. The molecule has 1 aliphatic heterocycles. The van der Waals surface area contributed by atoms with Crippen molar-refractivity contribution >= 4 is 17.8 Å². The molecule has 0 aromatic rings. The Hall–Kier alpha value is -1.85. The number of carbonyl (C=O) groups excluding carboxylic acids is 2. The van der Waals surface area contributed by atoms with Crippen LogP contribution in [0.1, 0.15) is 20.3 Å². The average molecular weight is 241 g/mol. The lowest BCUT2D eigenvalue weighted by molar-refractivity contribution is -0.143. The molecule has 0 radical (unpaired) electrons. The van der Waals surface area contributed by atoms with Gasteiger partial charge in [0.15, 0.2) is 0 Å². The minimum Gasteiger partial charge on any atom is -0.481 e. The molecule has 0 unspecified atom stereocenters. The Morgan fingerprint density at radius 3 is 2.53 bits per heavy atom. The summed E-state index contributed by atoms with van der Waals surface area (Å²) in [6.07, 6.45) is -0.394. The first-order chi connectivity index (χ1) is 7.90. The summed E-state index contributed by atoms with van der Waals surface area (Å²) < 4.78 is 4.84. The maximum Gasteiger partial charge on any atom is 0.336 e. The first kappa shape index (κ1) is 13.2. The normalized spacial score (nSPS) is 19.8. The molecule has 94 valence electrons. The van der Waals surface area contributed by atoms with Crippen LogP contribution in [0.25, 0.3) is 0 Å². The first-order valence-electron chi connectivity index (χ1n) is 5.27. The molecule has 0 spiro atoms. The minimum absolute atomic E-state index is 0.154. The summed E-state index contributed by atoms with van der Waals surface area (Å²) in [5.41, 5.74) is 0.612. The number of ether oxygens (including phenoxy) is 1. The van der Waals surface area contributed by atoms with Crippen molar-refractivity contribution in [2.24, 2.45) is 5.92 Å². The number of aliphatic carboxylic acids is 1. The summed E-state index contributed by atoms with van der Waals surface area (Å²) in [7, 11) is 1.51. The predicted molar refractivity (Wildman–Crippen MR) is 57.8 cm³/mol. The zero-order valence-corrected chi connectivity index (χ0v) is 10.0. The molecule has 0 aromatic carbocycles. The fraction of sp³-hybridized carbons (Fsp3) is 0.545. The standard InChI is InChI=1S/C11H15NO5/c1-4-17-11(16)9-6(2)12(3)10(15)7(9)5-8(13)14/h7H,4-5H2,1-3H3,(H,13,14)/t7-/m0/s1. The van der Waals surface area contributed by atoms with E-state index in [1.165, 1.54) is 11.9 Å². The Labute approximate surface area is 98.8 Å². The van der Waals surface area contributed by atoms with Gasteiger partial charge < -0.3 is 14.7 Å². The van der Waals surface area contributed by atoms with Gasteiger partial charge in [0.2, 0.25) is 5.91 Å². The van der Waals surface area contributed by atoms with Crippen LogP contribution >= 0.6 is 0 Å². The van der Waals surface area contributed by atoms with Crippen LogP contribution in [0.3, 0.4) is 0 Å². The van der Waals surface area contributed by atoms with E-state index in [1.54, 1.807) is 13.8 Å². The molecule has 1 N–H and O–H groups in total. The van der Waals surface area contributed by atoms with Crippen LogP contribution in [0.4, 0.5) is 0 Å². The Balaban J connectivity index is 3.05. The van der Waals surface area contributed by atoms with E-state index < -0.39 is 24.3 Å². The topological polar surface area (TPSA) is 83.9 Å². The molecule has 0 bridgehead atoms. The van der Waals surface area contributed by atoms with E-state index in [0.29, 0.717) is 5.70 Å². The van der Waals surface area contributed by atoms with Gasteiger partial charge >= 0.3 is 11.9 Å². The molecule has 6 heteroatoms. The van der Waals surface area contributed by atoms with Crippen molar-refractivity contribution in [1.82, 2.24) is 4.90 Å². The van der Waals surface area contributed by atoms with Crippen LogP contribution in [0.2, 0.25) is 0 Å². The number of rotatable bonds is 4. The Kier molecular flexibility index (Phi) is 3.88. The Morgan fingerprint density at radius 2 is 2.06 bits per heavy atom. The van der Waals surface area contributed by atoms with Gasteiger partial charge in [0, 0.05) is 12.7 Å². The SMILES string of the molecule is CCOC(=O)C1=C(C)N(C)C(=O)[C@H]1CC(=O)O. The van der Waals surface area contributed by atoms with Gasteiger partial charge in [0.25, 0.3) is 0 Å². The number of carbonyl (C=O) groups is 3. The molecule has 0 saturated heterocycles. The van der Waals surface area contributed by atoms with Gasteiger partial charge in [-0.3, -0.25) is 9.59 Å². The quantitative estimate of drug-likeness (QED) is 0.719. The number of allylic oxidation sites excluding steroid dienone is 1. The fourth-order valence-electron chi connectivity index (χ4n) is 1.82. The first-order valence-corrected chi connectivity index (χ1v) is 5.27. The lowest BCUT2D eigenvalue weighted by Crippen LogP contribution is -2.27. The van der Waals surface area contributed by atoms with Gasteiger partial charge in [0.1, 0.15) is 0 Å². The van der Waals surface area contributed by atoms with Gasteiger partial charge in [0.05, 0.1) is 24.5 Å². The highest BCUT2D eigenvalue weighted by molar-refractivity contribution is 6.03. The maximum absolute atomic E-state index is 11.8. The van der Waals surface area contributed by atoms with Crippen LogP contribution in [0.15, 0.2) is 11.3 Å². The average Bonchev–Trinajstić information content (AvgIpc) is 2.43. The molecule has 1 heterocycles. The highest BCUT2D eigenvalue weighted by Gasteiger charge is 2.41. The Morgan fingerprint density at radius 1 is 1.47 bits per heavy atom. The number of esters is 1. The van der Waals surface area contributed by atoms with Crippen molar-refractivity contribution in [3.8, 4) is 0 Å². The summed E-state index contributed by atoms with van der Waals surface area (Å²) >= 11 is 0. The molecule has 17 heavy (non-hydrogen) atoms. The molecule has 6 nitrogen and oxygen atoms in total. The smallest absolute Gasteiger partial charge is 0.336 e. The van der Waals surface area contributed by atoms with E-state index in [1.807, 2.05) is 0 Å². The van der Waals surface area contributed by atoms with E-state index in [9.17, 15) is 14.4 Å². The number of carboxylic acid groups (broad SMARTS) is 1. The van der Waals surface area contributed by atoms with Crippen LogP contribution in [0, 0.1) is 5.92 Å². The summed E-state index contributed by atoms with van der Waals surface area (Å²) in [6.45, 7) is 3.44. The summed E-state index contributed by atoms with van der Waals surface area (Å²) in [6, 6.07) is 0. The van der Waals surface area contributed by atoms with Crippen LogP contribution in [-0.2, 0) is 19.1 Å². The fourth-order valence-corrected chi connectivity index (χ4v) is 1.82. The van der Waals surface area contributed by atoms with Gasteiger partial charge in [-0.15, -0.1) is 0 Å². The van der Waals surface area contributed by atoms with Gasteiger partial charge in [-0.2, -0.15) is 0 Å². The lowest BCUT2D eigenvalue weighted by Gasteiger charge is -2.11. The molecule has 1 rings (SSSR count). The molecule has 0 saturated carbocycles. The van der Waals surface area contributed by atoms with Gasteiger partial charge in [-0.1, -0.05) is 0 Å². The van der Waals surface area contributed by atoms with Crippen LogP contribution in [-0.4, -0.2) is 41.5 Å². The van der Waals surface area contributed by atoms with Crippen LogP contribution in [0.5, 0.6) is 0 Å². The van der Waals surface area contributed by atoms with Gasteiger partial charge in [-0.25, -0.2) is 4.79 Å². The van der Waals surface area contributed by atoms with E-state index in [2.05, 4.69) is 0 Å². The summed E-state index contributed by atoms with van der Waals surface area (Å²) in [4.78, 5) is 35.5. The molecular formula is C11H15NO5. The summed E-state index contributed by atoms with van der Waals surface area (Å²) in [5, 5.41) is 8.75. The van der Waals surface area contributed by atoms with E-state index in [-0.39, 0.29) is 18.1 Å². The second-order valence-corrected chi connectivity index (χ2v) is 3.77. The van der Waals surface area contributed by atoms with Crippen molar-refractivity contribution in [3.05, 3.63) is 11.3 Å². The van der Waals surface area contributed by atoms with Crippen molar-refractivity contribution in [2.45, 2.75) is 20.3 Å². The monoisotopic (exact) mass is 241 g/mol. The number of hydrogen-bond acceptors (Lipinski definition) is 4. The van der Waals surface area contributed by atoms with Crippen molar-refractivity contribution in [1.29, 1.82) is 0 Å². The molecule has 1 aliphatic rings. The molecule has 0 aromatic heterocycles. The zero-order valence-electron chi connectivity index (χ0n) is 10.0. The largest absolute Gasteiger partial charge is 0.481 e. The molecule has 1 amide bonds. The van der Waals surface area contributed by atoms with Crippen molar-refractivity contribution in [3.63, 3.8) is 0 Å². The maximum atomic E-state index is 11.8. The second-order valence-electron chi connectivity index (χ2n) is 3.77. The third kappa shape index (κ3) is 2.46. The van der Waals surface area contributed by atoms with E-state index in [0.717, 1.165) is 0 Å². The number of hydrogen-bond donors (Lipinski definition) is 1. The number of amides is 1. The molecule has 0 fully saturated rings. The number of nitrogens with zero attached hydrogens (tertiary/aromatic N) is 1. The second kappa shape index (κ2) is 4.99. The highest BCUT2D eigenvalue weighted by Crippen LogP contribution is 2.31. The zero-order chi connectivity index (χ0) is 13.2. The van der Waals surface area contributed by atoms with E-state index >= 15 is 0 Å². The van der Waals surface area contributed by atoms with E-state index in [4.69, 9.17) is 9.84 Å². The Bertz CT molecular complexity index is 399. The van der Waals surface area contributed by atoms with Crippen LogP contribution < -0.4 is 0 Å². The molecule has 1 atom stereocenters. The minimum atomic E-state index is -1.12. The third-order valence-electron chi connectivity index (χ3n) is 2.74. The third-order valence-corrected chi connectivity index (χ3v) is 2.74. The van der Waals surface area contributed by atoms with Crippen molar-refractivity contribution in [2.75, 3.05) is 13.7 Å². The lowest BCUT2D eigenvalue weighted by atomic mass is 9.97. The molecule has 0 aliphatic carbocycles. The highest BCUT2D eigenvalue weighted by atomic mass is 16.5.